The van der Waals surface area contributed by atoms with Crippen LogP contribution in [-0.4, -0.2) is 32.3 Å². The van der Waals surface area contributed by atoms with Crippen LogP contribution >= 0.6 is 11.6 Å². The lowest BCUT2D eigenvalue weighted by Crippen LogP contribution is -2.35. The monoisotopic (exact) mass is 254 g/mol. The molecule has 1 rings (SSSR count). The van der Waals surface area contributed by atoms with Gasteiger partial charge in [-0.3, -0.25) is 9.59 Å². The van der Waals surface area contributed by atoms with Crippen LogP contribution in [0.3, 0.4) is 0 Å². The van der Waals surface area contributed by atoms with E-state index in [1.54, 1.807) is 30.1 Å². The van der Waals surface area contributed by atoms with Gasteiger partial charge in [0.1, 0.15) is 0 Å². The molecule has 1 amide bonds. The second-order valence-corrected chi connectivity index (χ2v) is 4.07. The second-order valence-electron chi connectivity index (χ2n) is 3.63. The van der Waals surface area contributed by atoms with Crippen LogP contribution in [0.25, 0.3) is 0 Å². The molecule has 1 aromatic carbocycles. The van der Waals surface area contributed by atoms with Gasteiger partial charge in [0, 0.05) is 29.9 Å². The van der Waals surface area contributed by atoms with Crippen LogP contribution in [-0.2, 0) is 4.79 Å². The molecule has 0 aliphatic heterocycles. The van der Waals surface area contributed by atoms with Crippen LogP contribution in [0.2, 0.25) is 5.02 Å². The number of carbonyl (C=O) groups is 2. The SMILES string of the molecule is CCNC(=O)CN(C)c1cc(Cl)ccc1C=O. The molecule has 0 saturated carbocycles. The molecule has 0 unspecified atom stereocenters. The van der Waals surface area contributed by atoms with Crippen LogP contribution < -0.4 is 10.2 Å². The molecule has 92 valence electrons. The van der Waals surface area contributed by atoms with Gasteiger partial charge in [0.2, 0.25) is 5.91 Å². The molecule has 0 radical (unpaired) electrons. The molecular weight excluding hydrogens is 240 g/mol. The first-order valence-electron chi connectivity index (χ1n) is 5.31. The number of nitrogens with zero attached hydrogens (tertiary/aromatic N) is 1. The highest BCUT2D eigenvalue weighted by Gasteiger charge is 2.11. The number of benzene rings is 1. The minimum atomic E-state index is -0.0909. The van der Waals surface area contributed by atoms with Crippen LogP contribution in [0, 0.1) is 0 Å². The maximum atomic E-state index is 11.4. The van der Waals surface area contributed by atoms with E-state index < -0.39 is 0 Å². The first-order valence-corrected chi connectivity index (χ1v) is 5.68. The predicted molar refractivity (Wildman–Crippen MR) is 68.8 cm³/mol. The van der Waals surface area contributed by atoms with Gasteiger partial charge in [-0.1, -0.05) is 11.6 Å². The Kier molecular flexibility index (Phi) is 4.97. The number of hydrogen-bond acceptors (Lipinski definition) is 3. The Morgan fingerprint density at radius 2 is 2.24 bits per heavy atom. The maximum Gasteiger partial charge on any atom is 0.239 e. The summed E-state index contributed by atoms with van der Waals surface area (Å²) in [6.45, 7) is 2.63. The number of nitrogens with one attached hydrogen (secondary N) is 1. The number of anilines is 1. The molecule has 0 atom stereocenters. The third kappa shape index (κ3) is 3.75. The number of likely N-dealkylation sites (N-methyl/N-ethyl adjacent to an activating group) is 2. The number of amides is 1. The van der Waals surface area contributed by atoms with Crippen molar-refractivity contribution in [1.82, 2.24) is 5.32 Å². The fourth-order valence-electron chi connectivity index (χ4n) is 1.50. The zero-order valence-electron chi connectivity index (χ0n) is 9.87. The predicted octanol–water partition coefficient (Wildman–Crippen LogP) is 1.72. The Morgan fingerprint density at radius 3 is 2.82 bits per heavy atom. The van der Waals surface area contributed by atoms with E-state index in [0.717, 1.165) is 6.29 Å². The van der Waals surface area contributed by atoms with Crippen molar-refractivity contribution in [2.75, 3.05) is 25.0 Å². The van der Waals surface area contributed by atoms with Crippen LogP contribution in [0.1, 0.15) is 17.3 Å². The third-order valence-electron chi connectivity index (χ3n) is 2.29. The van der Waals surface area contributed by atoms with Crippen molar-refractivity contribution >= 4 is 29.5 Å². The summed E-state index contributed by atoms with van der Waals surface area (Å²) in [6.07, 6.45) is 0.750. The van der Waals surface area contributed by atoms with Gasteiger partial charge < -0.3 is 10.2 Å². The average molecular weight is 255 g/mol. The maximum absolute atomic E-state index is 11.4. The lowest BCUT2D eigenvalue weighted by atomic mass is 10.2. The van der Waals surface area contributed by atoms with Crippen molar-refractivity contribution in [2.45, 2.75) is 6.92 Å². The van der Waals surface area contributed by atoms with Crippen molar-refractivity contribution in [2.24, 2.45) is 0 Å². The van der Waals surface area contributed by atoms with Gasteiger partial charge in [-0.05, 0) is 25.1 Å². The van der Waals surface area contributed by atoms with Crippen molar-refractivity contribution in [1.29, 1.82) is 0 Å². The van der Waals surface area contributed by atoms with Gasteiger partial charge in [0.15, 0.2) is 6.29 Å². The summed E-state index contributed by atoms with van der Waals surface area (Å²) in [6, 6.07) is 4.96. The van der Waals surface area contributed by atoms with E-state index in [1.165, 1.54) is 0 Å². The fraction of sp³-hybridized carbons (Fsp3) is 0.333. The van der Waals surface area contributed by atoms with Gasteiger partial charge >= 0.3 is 0 Å². The summed E-state index contributed by atoms with van der Waals surface area (Å²) in [4.78, 5) is 24.0. The molecule has 17 heavy (non-hydrogen) atoms. The van der Waals surface area contributed by atoms with Gasteiger partial charge in [-0.25, -0.2) is 0 Å². The van der Waals surface area contributed by atoms with Gasteiger partial charge in [-0.15, -0.1) is 0 Å². The van der Waals surface area contributed by atoms with E-state index in [0.29, 0.717) is 22.8 Å². The topological polar surface area (TPSA) is 49.4 Å². The van der Waals surface area contributed by atoms with Crippen molar-refractivity contribution in [3.8, 4) is 0 Å². The number of aldehydes is 1. The summed E-state index contributed by atoms with van der Waals surface area (Å²) < 4.78 is 0. The largest absolute Gasteiger partial charge is 0.365 e. The lowest BCUT2D eigenvalue weighted by molar-refractivity contribution is -0.119. The molecule has 4 nitrogen and oxygen atoms in total. The molecule has 0 aliphatic rings. The third-order valence-corrected chi connectivity index (χ3v) is 2.52. The lowest BCUT2D eigenvalue weighted by Gasteiger charge is -2.20. The zero-order valence-corrected chi connectivity index (χ0v) is 10.6. The molecule has 0 fully saturated rings. The molecule has 0 aliphatic carbocycles. The number of hydrogen-bond donors (Lipinski definition) is 1. The summed E-state index contributed by atoms with van der Waals surface area (Å²) in [7, 11) is 1.74. The van der Waals surface area contributed by atoms with E-state index >= 15 is 0 Å². The molecule has 5 heteroatoms. The highest BCUT2D eigenvalue weighted by molar-refractivity contribution is 6.31. The van der Waals surface area contributed by atoms with Crippen molar-refractivity contribution in [3.05, 3.63) is 28.8 Å². The molecular formula is C12H15ClN2O2. The Labute approximate surface area is 106 Å². The molecule has 1 aromatic rings. The molecule has 0 saturated heterocycles. The Balaban J connectivity index is 2.87. The van der Waals surface area contributed by atoms with Crippen molar-refractivity contribution < 1.29 is 9.59 Å². The average Bonchev–Trinajstić information content (AvgIpc) is 2.29. The Bertz CT molecular complexity index is 421. The normalized spacial score (nSPS) is 9.82. The molecule has 0 heterocycles. The second kappa shape index (κ2) is 6.25. The summed E-state index contributed by atoms with van der Waals surface area (Å²) >= 11 is 5.87. The quantitative estimate of drug-likeness (QED) is 0.814. The van der Waals surface area contributed by atoms with E-state index in [2.05, 4.69) is 5.32 Å². The fourth-order valence-corrected chi connectivity index (χ4v) is 1.67. The number of carbonyl (C=O) groups excluding carboxylic acids is 2. The van der Waals surface area contributed by atoms with E-state index in [4.69, 9.17) is 11.6 Å². The first-order chi connectivity index (χ1) is 8.08. The van der Waals surface area contributed by atoms with Gasteiger partial charge in [0.05, 0.1) is 6.54 Å². The zero-order chi connectivity index (χ0) is 12.8. The summed E-state index contributed by atoms with van der Waals surface area (Å²) in [5.41, 5.74) is 1.17. The highest BCUT2D eigenvalue weighted by atomic mass is 35.5. The summed E-state index contributed by atoms with van der Waals surface area (Å²) in [5, 5.41) is 3.23. The molecule has 0 bridgehead atoms. The van der Waals surface area contributed by atoms with E-state index in [-0.39, 0.29) is 12.5 Å². The number of halogens is 1. The smallest absolute Gasteiger partial charge is 0.239 e. The minimum absolute atomic E-state index is 0.0909. The Hall–Kier alpha value is -1.55. The van der Waals surface area contributed by atoms with E-state index in [1.807, 2.05) is 6.92 Å². The number of rotatable bonds is 5. The standard InChI is InChI=1S/C12H15ClN2O2/c1-3-14-12(17)7-15(2)11-6-10(13)5-4-9(11)8-16/h4-6,8H,3,7H2,1-2H3,(H,14,17). The van der Waals surface area contributed by atoms with Crippen LogP contribution in [0.5, 0.6) is 0 Å². The Morgan fingerprint density at radius 1 is 1.53 bits per heavy atom. The highest BCUT2D eigenvalue weighted by Crippen LogP contribution is 2.22. The van der Waals surface area contributed by atoms with Crippen LogP contribution in [0.15, 0.2) is 18.2 Å². The molecule has 0 aromatic heterocycles. The van der Waals surface area contributed by atoms with Gasteiger partial charge in [-0.2, -0.15) is 0 Å². The minimum Gasteiger partial charge on any atom is -0.365 e. The molecule has 1 N–H and O–H groups in total. The van der Waals surface area contributed by atoms with Crippen molar-refractivity contribution in [3.63, 3.8) is 0 Å². The van der Waals surface area contributed by atoms with Gasteiger partial charge in [0.25, 0.3) is 0 Å². The summed E-state index contributed by atoms with van der Waals surface area (Å²) in [5.74, 6) is -0.0909. The van der Waals surface area contributed by atoms with Crippen LogP contribution in [0.4, 0.5) is 5.69 Å². The molecule has 0 spiro atoms. The first kappa shape index (κ1) is 13.5. The van der Waals surface area contributed by atoms with E-state index in [9.17, 15) is 9.59 Å².